The zero-order valence-electron chi connectivity index (χ0n) is 15.8. The third kappa shape index (κ3) is 3.36. The van der Waals surface area contributed by atoms with E-state index in [0.717, 1.165) is 22.5 Å². The molecule has 0 spiro atoms. The molecule has 3 aromatic heterocycles. The number of thiazole rings is 1. The largest absolute Gasteiger partial charge is 0.477 e. The van der Waals surface area contributed by atoms with Crippen molar-refractivity contribution in [2.24, 2.45) is 0 Å². The maximum atomic E-state index is 13.1. The van der Waals surface area contributed by atoms with Crippen molar-refractivity contribution in [1.82, 2.24) is 14.4 Å². The molecule has 7 heteroatoms. The van der Waals surface area contributed by atoms with E-state index in [4.69, 9.17) is 0 Å². The summed E-state index contributed by atoms with van der Waals surface area (Å²) in [5, 5.41) is 9.67. The summed E-state index contributed by atoms with van der Waals surface area (Å²) in [5.41, 5.74) is 3.69. The van der Waals surface area contributed by atoms with Crippen molar-refractivity contribution in [2.45, 2.75) is 13.8 Å². The Morgan fingerprint density at radius 1 is 1.14 bits per heavy atom. The summed E-state index contributed by atoms with van der Waals surface area (Å²) in [4.78, 5) is 34.0. The first-order chi connectivity index (χ1) is 14.0. The minimum absolute atomic E-state index is 0.0574. The van der Waals surface area contributed by atoms with Crippen LogP contribution >= 0.6 is 11.3 Å². The van der Waals surface area contributed by atoms with E-state index < -0.39 is 5.97 Å². The van der Waals surface area contributed by atoms with Gasteiger partial charge in [0.25, 0.3) is 5.56 Å². The predicted molar refractivity (Wildman–Crippen MR) is 114 cm³/mol. The summed E-state index contributed by atoms with van der Waals surface area (Å²) < 4.78 is 1.37. The normalized spacial score (nSPS) is 11.4. The smallest absolute Gasteiger partial charge is 0.348 e. The van der Waals surface area contributed by atoms with E-state index in [-0.39, 0.29) is 10.4 Å². The highest BCUT2D eigenvalue weighted by atomic mass is 32.1. The van der Waals surface area contributed by atoms with Gasteiger partial charge in [0.2, 0.25) is 0 Å². The van der Waals surface area contributed by atoms with Gasteiger partial charge in [0, 0.05) is 23.5 Å². The van der Waals surface area contributed by atoms with E-state index in [9.17, 15) is 14.7 Å². The average Bonchev–Trinajstić information content (AvgIpc) is 3.11. The van der Waals surface area contributed by atoms with Gasteiger partial charge in [-0.2, -0.15) is 0 Å². The first-order valence-corrected chi connectivity index (χ1v) is 9.72. The van der Waals surface area contributed by atoms with Gasteiger partial charge in [-0.15, -0.1) is 0 Å². The zero-order valence-corrected chi connectivity index (χ0v) is 16.6. The molecular weight excluding hydrogens is 386 g/mol. The Labute approximate surface area is 170 Å². The van der Waals surface area contributed by atoms with E-state index in [1.54, 1.807) is 37.5 Å². The first-order valence-electron chi connectivity index (χ1n) is 8.91. The first kappa shape index (κ1) is 18.8. The van der Waals surface area contributed by atoms with Gasteiger partial charge in [0.05, 0.1) is 11.4 Å². The lowest BCUT2D eigenvalue weighted by atomic mass is 10.1. The molecule has 0 aliphatic carbocycles. The molecule has 144 valence electrons. The monoisotopic (exact) mass is 403 g/mol. The average molecular weight is 403 g/mol. The SMILES string of the molecule is Cc1ccccc1C=Cc1nc2sc(C(=O)O)c(-c3cccnc3)n2c(=O)c1C. The lowest BCUT2D eigenvalue weighted by molar-refractivity contribution is 0.0702. The van der Waals surface area contributed by atoms with Gasteiger partial charge in [-0.3, -0.25) is 9.78 Å². The highest BCUT2D eigenvalue weighted by molar-refractivity contribution is 7.19. The molecule has 0 fully saturated rings. The van der Waals surface area contributed by atoms with Gasteiger partial charge < -0.3 is 5.11 Å². The van der Waals surface area contributed by atoms with Crippen LogP contribution in [0.3, 0.4) is 0 Å². The van der Waals surface area contributed by atoms with Crippen LogP contribution in [0.15, 0.2) is 53.6 Å². The minimum atomic E-state index is -1.10. The second-order valence-corrected chi connectivity index (χ2v) is 7.54. The molecule has 29 heavy (non-hydrogen) atoms. The summed E-state index contributed by atoms with van der Waals surface area (Å²) >= 11 is 0.979. The van der Waals surface area contributed by atoms with Crippen molar-refractivity contribution >= 4 is 34.4 Å². The number of aromatic nitrogens is 3. The standard InChI is InChI=1S/C22H17N3O3S/c1-13-6-3-4-7-15(13)9-10-17-14(2)20(26)25-18(16-8-5-11-23-12-16)19(21(27)28)29-22(25)24-17/h3-12H,1-2H3,(H,27,28). The van der Waals surface area contributed by atoms with E-state index in [1.807, 2.05) is 37.3 Å². The quantitative estimate of drug-likeness (QED) is 0.549. The maximum absolute atomic E-state index is 13.1. The lowest BCUT2D eigenvalue weighted by Crippen LogP contribution is -2.19. The number of aromatic carboxylic acids is 1. The predicted octanol–water partition coefficient (Wildman–Crippen LogP) is 4.30. The number of carboxylic acid groups (broad SMARTS) is 1. The van der Waals surface area contributed by atoms with Crippen LogP contribution in [0.1, 0.15) is 32.1 Å². The second-order valence-electron chi connectivity index (χ2n) is 6.56. The van der Waals surface area contributed by atoms with Crippen LogP contribution in [0.4, 0.5) is 0 Å². The van der Waals surface area contributed by atoms with Crippen LogP contribution in [0, 0.1) is 13.8 Å². The molecule has 1 N–H and O–H groups in total. The van der Waals surface area contributed by atoms with E-state index in [2.05, 4.69) is 9.97 Å². The number of carbonyl (C=O) groups is 1. The van der Waals surface area contributed by atoms with Crippen molar-refractivity contribution < 1.29 is 9.90 Å². The summed E-state index contributed by atoms with van der Waals surface area (Å²) in [6.07, 6.45) is 6.85. The highest BCUT2D eigenvalue weighted by Gasteiger charge is 2.23. The van der Waals surface area contributed by atoms with Gasteiger partial charge in [-0.1, -0.05) is 41.7 Å². The van der Waals surface area contributed by atoms with Crippen LogP contribution in [0.2, 0.25) is 0 Å². The summed E-state index contributed by atoms with van der Waals surface area (Å²) in [6, 6.07) is 11.3. The number of pyridine rings is 1. The fraction of sp³-hybridized carbons (Fsp3) is 0.0909. The Hall–Kier alpha value is -3.58. The van der Waals surface area contributed by atoms with Crippen molar-refractivity contribution in [1.29, 1.82) is 0 Å². The highest BCUT2D eigenvalue weighted by Crippen LogP contribution is 2.30. The van der Waals surface area contributed by atoms with Crippen LogP contribution in [-0.4, -0.2) is 25.4 Å². The number of benzene rings is 1. The van der Waals surface area contributed by atoms with Crippen LogP contribution < -0.4 is 5.56 Å². The zero-order chi connectivity index (χ0) is 20.5. The van der Waals surface area contributed by atoms with Gasteiger partial charge in [-0.25, -0.2) is 14.2 Å². The molecule has 0 aliphatic rings. The molecule has 0 aliphatic heterocycles. The molecule has 0 saturated heterocycles. The summed E-state index contributed by atoms with van der Waals surface area (Å²) in [5.74, 6) is -1.10. The maximum Gasteiger partial charge on any atom is 0.348 e. The molecule has 0 unspecified atom stereocenters. The van der Waals surface area contributed by atoms with Gasteiger partial charge in [0.15, 0.2) is 4.96 Å². The molecule has 3 heterocycles. The number of hydrogen-bond acceptors (Lipinski definition) is 5. The fourth-order valence-corrected chi connectivity index (χ4v) is 4.11. The summed E-state index contributed by atoms with van der Waals surface area (Å²) in [7, 11) is 0. The lowest BCUT2D eigenvalue weighted by Gasteiger charge is -2.05. The molecule has 4 aromatic rings. The van der Waals surface area contributed by atoms with Crippen molar-refractivity contribution in [3.63, 3.8) is 0 Å². The molecule has 0 radical (unpaired) electrons. The molecule has 0 saturated carbocycles. The Kier molecular flexibility index (Phi) is 4.82. The number of rotatable bonds is 4. The molecule has 6 nitrogen and oxygen atoms in total. The third-order valence-corrected chi connectivity index (χ3v) is 5.71. The molecule has 0 amide bonds. The van der Waals surface area contributed by atoms with Crippen LogP contribution in [0.5, 0.6) is 0 Å². The topological polar surface area (TPSA) is 84.6 Å². The molecular formula is C22H17N3O3S. The van der Waals surface area contributed by atoms with Crippen molar-refractivity contribution in [3.05, 3.63) is 86.4 Å². The minimum Gasteiger partial charge on any atom is -0.477 e. The van der Waals surface area contributed by atoms with Gasteiger partial charge in [0.1, 0.15) is 4.88 Å². The van der Waals surface area contributed by atoms with E-state index >= 15 is 0 Å². The van der Waals surface area contributed by atoms with Crippen LogP contribution in [-0.2, 0) is 0 Å². The molecule has 0 atom stereocenters. The van der Waals surface area contributed by atoms with E-state index in [0.29, 0.717) is 27.5 Å². The Morgan fingerprint density at radius 2 is 1.93 bits per heavy atom. The molecule has 0 bridgehead atoms. The molecule has 4 rings (SSSR count). The number of nitrogens with zero attached hydrogens (tertiary/aromatic N) is 3. The number of aryl methyl sites for hydroxylation is 1. The number of carboxylic acids is 1. The summed E-state index contributed by atoms with van der Waals surface area (Å²) in [6.45, 7) is 3.71. The third-order valence-electron chi connectivity index (χ3n) is 4.69. The Morgan fingerprint density at radius 3 is 2.62 bits per heavy atom. The van der Waals surface area contributed by atoms with Crippen molar-refractivity contribution in [2.75, 3.05) is 0 Å². The van der Waals surface area contributed by atoms with Crippen molar-refractivity contribution in [3.8, 4) is 11.3 Å². The van der Waals surface area contributed by atoms with Crippen LogP contribution in [0.25, 0.3) is 28.4 Å². The molecule has 1 aromatic carbocycles. The number of fused-ring (bicyclic) bond motifs is 1. The second kappa shape index (κ2) is 7.44. The van der Waals surface area contributed by atoms with E-state index in [1.165, 1.54) is 4.40 Å². The fourth-order valence-electron chi connectivity index (χ4n) is 3.12. The Balaban J connectivity index is 1.94. The number of hydrogen-bond donors (Lipinski definition) is 1. The Bertz CT molecular complexity index is 1320. The van der Waals surface area contributed by atoms with Gasteiger partial charge in [-0.05, 0) is 43.2 Å². The van der Waals surface area contributed by atoms with Gasteiger partial charge >= 0.3 is 5.97 Å².